The van der Waals surface area contributed by atoms with Crippen LogP contribution in [0.2, 0.25) is 0 Å². The molecule has 150 valence electrons. The van der Waals surface area contributed by atoms with Crippen molar-refractivity contribution in [2.24, 2.45) is 0 Å². The van der Waals surface area contributed by atoms with Crippen LogP contribution in [0.15, 0.2) is 41.3 Å². The molecule has 4 rings (SSSR count). The third kappa shape index (κ3) is 4.02. The molecule has 0 N–H and O–H groups in total. The molecule has 5 nitrogen and oxygen atoms in total. The molecule has 1 aromatic carbocycles. The summed E-state index contributed by atoms with van der Waals surface area (Å²) in [6.45, 7) is 2.19. The minimum absolute atomic E-state index is 0.389. The normalized spacial score (nSPS) is 19.6. The molecule has 0 unspecified atom stereocenters. The van der Waals surface area contributed by atoms with Gasteiger partial charge in [-0.3, -0.25) is 4.79 Å². The van der Waals surface area contributed by atoms with Crippen LogP contribution >= 0.6 is 11.3 Å². The van der Waals surface area contributed by atoms with E-state index in [4.69, 9.17) is 0 Å². The second-order valence-electron chi connectivity index (χ2n) is 7.59. The van der Waals surface area contributed by atoms with Gasteiger partial charge in [-0.25, -0.2) is 8.42 Å². The lowest BCUT2D eigenvalue weighted by Gasteiger charge is -2.34. The van der Waals surface area contributed by atoms with E-state index in [0.29, 0.717) is 41.9 Å². The molecular weight excluding hydrogens is 392 g/mol. The van der Waals surface area contributed by atoms with E-state index in [1.165, 1.54) is 49.0 Å². The summed E-state index contributed by atoms with van der Waals surface area (Å²) in [6.07, 6.45) is 7.13. The van der Waals surface area contributed by atoms with E-state index in [9.17, 15) is 13.2 Å². The van der Waals surface area contributed by atoms with Gasteiger partial charge in [-0.15, -0.1) is 11.3 Å². The fourth-order valence-electron chi connectivity index (χ4n) is 4.22. The van der Waals surface area contributed by atoms with Crippen molar-refractivity contribution in [2.45, 2.75) is 42.9 Å². The number of carbonyl (C=O) groups excluding carboxylic acids is 1. The lowest BCUT2D eigenvalue weighted by atomic mass is 9.84. The molecule has 1 aliphatic heterocycles. The fraction of sp³-hybridized carbons (Fsp3) is 0.476. The maximum atomic E-state index is 13.0. The van der Waals surface area contributed by atoms with Gasteiger partial charge >= 0.3 is 0 Å². The van der Waals surface area contributed by atoms with Crippen LogP contribution in [0.25, 0.3) is 0 Å². The fourth-order valence-corrected chi connectivity index (χ4v) is 6.52. The minimum atomic E-state index is -3.46. The molecule has 2 aliphatic rings. The standard InChI is InChI=1S/C21H26N2O3S2/c24-16-19-8-11-21(27-19)22-12-14-23(15-13-22)28(25,26)20-9-6-18(7-10-20)17-4-2-1-3-5-17/h6-11,16-17H,1-5,12-15H2. The monoisotopic (exact) mass is 418 g/mol. The molecule has 1 aromatic heterocycles. The number of rotatable bonds is 5. The highest BCUT2D eigenvalue weighted by molar-refractivity contribution is 7.89. The van der Waals surface area contributed by atoms with Crippen LogP contribution in [-0.2, 0) is 10.0 Å². The number of benzene rings is 1. The first kappa shape index (κ1) is 19.6. The Kier molecular flexibility index (Phi) is 5.85. The number of sulfonamides is 1. The van der Waals surface area contributed by atoms with E-state index in [2.05, 4.69) is 4.90 Å². The molecule has 0 spiro atoms. The van der Waals surface area contributed by atoms with Gasteiger partial charge in [0.2, 0.25) is 10.0 Å². The SMILES string of the molecule is O=Cc1ccc(N2CCN(S(=O)(=O)c3ccc(C4CCCCC4)cc3)CC2)s1. The third-order valence-electron chi connectivity index (χ3n) is 5.87. The molecule has 0 amide bonds. The molecule has 1 aliphatic carbocycles. The van der Waals surface area contributed by atoms with Crippen LogP contribution in [0.3, 0.4) is 0 Å². The summed E-state index contributed by atoms with van der Waals surface area (Å²) >= 11 is 1.45. The number of carbonyl (C=O) groups is 1. The summed E-state index contributed by atoms with van der Waals surface area (Å²) < 4.78 is 27.6. The summed E-state index contributed by atoms with van der Waals surface area (Å²) in [5, 5.41) is 1.02. The van der Waals surface area contributed by atoms with Crippen LogP contribution < -0.4 is 4.90 Å². The Labute approximate surface area is 171 Å². The first-order valence-electron chi connectivity index (χ1n) is 9.98. The maximum absolute atomic E-state index is 13.0. The molecule has 1 saturated heterocycles. The molecular formula is C21H26N2O3S2. The van der Waals surface area contributed by atoms with Crippen LogP contribution in [0.4, 0.5) is 5.00 Å². The number of hydrogen-bond acceptors (Lipinski definition) is 5. The van der Waals surface area contributed by atoms with Crippen molar-refractivity contribution in [3.05, 3.63) is 46.8 Å². The van der Waals surface area contributed by atoms with Gasteiger partial charge in [0.15, 0.2) is 6.29 Å². The molecule has 2 heterocycles. The van der Waals surface area contributed by atoms with Gasteiger partial charge in [0.05, 0.1) is 14.8 Å². The van der Waals surface area contributed by atoms with Gasteiger partial charge in [0, 0.05) is 26.2 Å². The zero-order valence-electron chi connectivity index (χ0n) is 15.9. The highest BCUT2D eigenvalue weighted by Crippen LogP contribution is 2.33. The van der Waals surface area contributed by atoms with Crippen LogP contribution in [-0.4, -0.2) is 45.2 Å². The smallest absolute Gasteiger partial charge is 0.243 e. The van der Waals surface area contributed by atoms with Crippen molar-refractivity contribution in [3.63, 3.8) is 0 Å². The minimum Gasteiger partial charge on any atom is -0.361 e. The lowest BCUT2D eigenvalue weighted by molar-refractivity contribution is 0.112. The van der Waals surface area contributed by atoms with Gasteiger partial charge in [-0.05, 0) is 48.6 Å². The molecule has 28 heavy (non-hydrogen) atoms. The summed E-state index contributed by atoms with van der Waals surface area (Å²) in [5.41, 5.74) is 1.27. The molecule has 2 fully saturated rings. The van der Waals surface area contributed by atoms with Crippen LogP contribution in [0, 0.1) is 0 Å². The quantitative estimate of drug-likeness (QED) is 0.686. The van der Waals surface area contributed by atoms with Gasteiger partial charge in [-0.2, -0.15) is 4.31 Å². The third-order valence-corrected chi connectivity index (χ3v) is 8.86. The molecule has 7 heteroatoms. The summed E-state index contributed by atoms with van der Waals surface area (Å²) in [7, 11) is -3.46. The molecule has 0 atom stereocenters. The molecule has 0 bridgehead atoms. The van der Waals surface area contributed by atoms with E-state index in [-0.39, 0.29) is 0 Å². The van der Waals surface area contributed by atoms with Crippen LogP contribution in [0.1, 0.15) is 53.3 Å². The van der Waals surface area contributed by atoms with E-state index in [1.807, 2.05) is 24.3 Å². The van der Waals surface area contributed by atoms with E-state index in [1.54, 1.807) is 16.4 Å². The van der Waals surface area contributed by atoms with Crippen molar-refractivity contribution >= 4 is 32.6 Å². The second kappa shape index (κ2) is 8.35. The first-order valence-corrected chi connectivity index (χ1v) is 12.2. The highest BCUT2D eigenvalue weighted by atomic mass is 32.2. The van der Waals surface area contributed by atoms with E-state index < -0.39 is 10.0 Å². The Balaban J connectivity index is 1.41. The topological polar surface area (TPSA) is 57.7 Å². The Hall–Kier alpha value is -1.70. The number of anilines is 1. The molecule has 0 radical (unpaired) electrons. The Morgan fingerprint density at radius 3 is 2.18 bits per heavy atom. The van der Waals surface area contributed by atoms with Gasteiger partial charge in [0.25, 0.3) is 0 Å². The summed E-state index contributed by atoms with van der Waals surface area (Å²) in [5.74, 6) is 0.580. The van der Waals surface area contributed by atoms with Crippen molar-refractivity contribution in [1.82, 2.24) is 4.31 Å². The Bertz CT molecular complexity index is 907. The Morgan fingerprint density at radius 1 is 0.893 bits per heavy atom. The predicted molar refractivity (Wildman–Crippen MR) is 113 cm³/mol. The average molecular weight is 419 g/mol. The van der Waals surface area contributed by atoms with Crippen molar-refractivity contribution < 1.29 is 13.2 Å². The van der Waals surface area contributed by atoms with Crippen molar-refractivity contribution in [1.29, 1.82) is 0 Å². The maximum Gasteiger partial charge on any atom is 0.243 e. The van der Waals surface area contributed by atoms with Gasteiger partial charge in [-0.1, -0.05) is 31.4 Å². The second-order valence-corrected chi connectivity index (χ2v) is 10.6. The Morgan fingerprint density at radius 2 is 1.57 bits per heavy atom. The lowest BCUT2D eigenvalue weighted by Crippen LogP contribution is -2.48. The number of nitrogens with zero attached hydrogens (tertiary/aromatic N) is 2. The van der Waals surface area contributed by atoms with E-state index in [0.717, 1.165) is 11.3 Å². The summed E-state index contributed by atoms with van der Waals surface area (Å²) in [4.78, 5) is 14.1. The number of aldehydes is 1. The number of thiophene rings is 1. The number of piperazine rings is 1. The van der Waals surface area contributed by atoms with E-state index >= 15 is 0 Å². The largest absolute Gasteiger partial charge is 0.361 e. The van der Waals surface area contributed by atoms with Crippen LogP contribution in [0.5, 0.6) is 0 Å². The van der Waals surface area contributed by atoms with Crippen molar-refractivity contribution in [2.75, 3.05) is 31.1 Å². The first-order chi connectivity index (χ1) is 13.6. The summed E-state index contributed by atoms with van der Waals surface area (Å²) in [6, 6.07) is 11.3. The van der Waals surface area contributed by atoms with Crippen molar-refractivity contribution in [3.8, 4) is 0 Å². The molecule has 1 saturated carbocycles. The zero-order chi connectivity index (χ0) is 19.6. The van der Waals surface area contributed by atoms with Gasteiger partial charge < -0.3 is 4.90 Å². The average Bonchev–Trinajstić information content (AvgIpc) is 3.24. The zero-order valence-corrected chi connectivity index (χ0v) is 17.6. The predicted octanol–water partition coefficient (Wildman–Crippen LogP) is 4.12. The highest BCUT2D eigenvalue weighted by Gasteiger charge is 2.29. The molecule has 2 aromatic rings. The van der Waals surface area contributed by atoms with Gasteiger partial charge in [0.1, 0.15) is 0 Å². The number of hydrogen-bond donors (Lipinski definition) is 0.